The lowest BCUT2D eigenvalue weighted by molar-refractivity contribution is -0.385. The lowest BCUT2D eigenvalue weighted by Gasteiger charge is -2.34. The van der Waals surface area contributed by atoms with Gasteiger partial charge >= 0.3 is 0 Å². The van der Waals surface area contributed by atoms with Gasteiger partial charge in [-0.1, -0.05) is 0 Å². The van der Waals surface area contributed by atoms with Crippen molar-refractivity contribution in [1.82, 2.24) is 14.3 Å². The van der Waals surface area contributed by atoms with Crippen molar-refractivity contribution in [2.75, 3.05) is 31.1 Å². The van der Waals surface area contributed by atoms with Crippen LogP contribution in [0.3, 0.4) is 0 Å². The van der Waals surface area contributed by atoms with Crippen LogP contribution in [-0.4, -0.2) is 53.8 Å². The second-order valence-electron chi connectivity index (χ2n) is 6.10. The molecular weight excluding hydrogens is 358 g/mol. The normalized spacial score (nSPS) is 15.8. The second kappa shape index (κ2) is 6.96. The minimum atomic E-state index is -3.81. The van der Waals surface area contributed by atoms with E-state index in [2.05, 4.69) is 9.97 Å². The maximum absolute atomic E-state index is 13.0. The fourth-order valence-corrected chi connectivity index (χ4v) is 4.67. The van der Waals surface area contributed by atoms with E-state index in [1.807, 2.05) is 4.90 Å². The monoisotopic (exact) mass is 377 g/mol. The van der Waals surface area contributed by atoms with E-state index >= 15 is 0 Å². The quantitative estimate of drug-likeness (QED) is 0.587. The topological polar surface area (TPSA) is 110 Å². The molecule has 0 spiro atoms. The number of nitro benzene ring substituents is 1. The van der Waals surface area contributed by atoms with E-state index in [9.17, 15) is 18.5 Å². The van der Waals surface area contributed by atoms with Crippen LogP contribution < -0.4 is 4.90 Å². The Morgan fingerprint density at radius 1 is 1.12 bits per heavy atom. The molecule has 1 aliphatic heterocycles. The Morgan fingerprint density at radius 2 is 1.81 bits per heavy atom. The van der Waals surface area contributed by atoms with Crippen LogP contribution in [0.1, 0.15) is 11.1 Å². The number of hydrogen-bond donors (Lipinski definition) is 0. The van der Waals surface area contributed by atoms with Crippen molar-refractivity contribution >= 4 is 21.5 Å². The van der Waals surface area contributed by atoms with Crippen molar-refractivity contribution < 1.29 is 13.3 Å². The van der Waals surface area contributed by atoms with E-state index in [0.29, 0.717) is 30.0 Å². The zero-order valence-corrected chi connectivity index (χ0v) is 15.3. The molecule has 0 unspecified atom stereocenters. The van der Waals surface area contributed by atoms with E-state index in [0.717, 1.165) is 6.07 Å². The molecule has 1 aliphatic rings. The number of piperazine rings is 1. The number of nitrogens with zero attached hydrogens (tertiary/aromatic N) is 5. The van der Waals surface area contributed by atoms with Gasteiger partial charge in [0.05, 0.1) is 16.0 Å². The van der Waals surface area contributed by atoms with Crippen molar-refractivity contribution in [1.29, 1.82) is 0 Å². The summed E-state index contributed by atoms with van der Waals surface area (Å²) in [5.74, 6) is 0.701. The summed E-state index contributed by atoms with van der Waals surface area (Å²) in [5.41, 5.74) is 0.896. The predicted molar refractivity (Wildman–Crippen MR) is 95.6 cm³/mol. The Hall–Kier alpha value is -2.59. The molecule has 10 heteroatoms. The molecule has 0 saturated carbocycles. The van der Waals surface area contributed by atoms with Crippen molar-refractivity contribution in [3.05, 3.63) is 52.0 Å². The molecule has 0 N–H and O–H groups in total. The summed E-state index contributed by atoms with van der Waals surface area (Å²) in [6.07, 6.45) is 4.81. The molecule has 9 nitrogen and oxygen atoms in total. The highest BCUT2D eigenvalue weighted by Gasteiger charge is 2.31. The number of hydrogen-bond acceptors (Lipinski definition) is 7. The third-order valence-corrected chi connectivity index (χ3v) is 6.57. The average molecular weight is 377 g/mol. The van der Waals surface area contributed by atoms with Gasteiger partial charge in [0, 0.05) is 50.7 Å². The van der Waals surface area contributed by atoms with Crippen molar-refractivity contribution in [3.63, 3.8) is 0 Å². The summed E-state index contributed by atoms with van der Waals surface area (Å²) in [5, 5.41) is 11.1. The fraction of sp³-hybridized carbons (Fsp3) is 0.375. The third kappa shape index (κ3) is 3.37. The summed E-state index contributed by atoms with van der Waals surface area (Å²) in [6, 6.07) is 2.53. The molecule has 1 aromatic heterocycles. The Labute approximate surface area is 151 Å². The molecule has 0 amide bonds. The Kier molecular flexibility index (Phi) is 4.88. The summed E-state index contributed by atoms with van der Waals surface area (Å²) in [7, 11) is -3.81. The van der Waals surface area contributed by atoms with Crippen LogP contribution in [0.4, 0.5) is 11.5 Å². The molecule has 3 rings (SSSR count). The Morgan fingerprint density at radius 3 is 2.38 bits per heavy atom. The van der Waals surface area contributed by atoms with E-state index in [-0.39, 0.29) is 23.7 Å². The third-order valence-electron chi connectivity index (χ3n) is 4.55. The highest BCUT2D eigenvalue weighted by molar-refractivity contribution is 7.89. The zero-order chi connectivity index (χ0) is 18.9. The maximum atomic E-state index is 13.0. The van der Waals surface area contributed by atoms with Crippen LogP contribution >= 0.6 is 0 Å². The molecule has 2 aromatic rings. The molecule has 26 heavy (non-hydrogen) atoms. The molecule has 0 aliphatic carbocycles. The smallest absolute Gasteiger partial charge is 0.271 e. The highest BCUT2D eigenvalue weighted by atomic mass is 32.2. The number of anilines is 1. The Bertz CT molecular complexity index is 925. The maximum Gasteiger partial charge on any atom is 0.271 e. The lowest BCUT2D eigenvalue weighted by Crippen LogP contribution is -2.49. The van der Waals surface area contributed by atoms with Gasteiger partial charge in [0.1, 0.15) is 5.82 Å². The predicted octanol–water partition coefficient (Wildman–Crippen LogP) is 1.51. The van der Waals surface area contributed by atoms with Crippen LogP contribution in [0, 0.1) is 24.0 Å². The van der Waals surface area contributed by atoms with Crippen LogP contribution in [0.5, 0.6) is 0 Å². The summed E-state index contributed by atoms with van der Waals surface area (Å²) in [6.45, 7) is 4.85. The molecule has 0 bridgehead atoms. The van der Waals surface area contributed by atoms with Crippen LogP contribution in [0.25, 0.3) is 0 Å². The van der Waals surface area contributed by atoms with Crippen molar-refractivity contribution in [2.24, 2.45) is 0 Å². The Balaban J connectivity index is 1.85. The molecule has 2 heterocycles. The second-order valence-corrected chi connectivity index (χ2v) is 8.00. The van der Waals surface area contributed by atoms with E-state index in [1.165, 1.54) is 10.4 Å². The van der Waals surface area contributed by atoms with Gasteiger partial charge in [0.25, 0.3) is 5.69 Å². The summed E-state index contributed by atoms with van der Waals surface area (Å²) >= 11 is 0. The van der Waals surface area contributed by atoms with Gasteiger partial charge in [-0.15, -0.1) is 0 Å². The average Bonchev–Trinajstić information content (AvgIpc) is 2.64. The van der Waals surface area contributed by atoms with E-state index in [1.54, 1.807) is 32.4 Å². The number of aromatic nitrogens is 2. The van der Waals surface area contributed by atoms with Crippen LogP contribution in [0.2, 0.25) is 0 Å². The van der Waals surface area contributed by atoms with Crippen LogP contribution in [-0.2, 0) is 10.0 Å². The first-order valence-corrected chi connectivity index (χ1v) is 9.51. The number of nitro groups is 1. The molecule has 1 fully saturated rings. The molecular formula is C16H19N5O4S. The van der Waals surface area contributed by atoms with Gasteiger partial charge in [-0.2, -0.15) is 4.31 Å². The lowest BCUT2D eigenvalue weighted by atomic mass is 10.1. The van der Waals surface area contributed by atoms with Gasteiger partial charge in [0.2, 0.25) is 10.0 Å². The fourth-order valence-electron chi connectivity index (χ4n) is 2.93. The minimum Gasteiger partial charge on any atom is -0.353 e. The minimum absolute atomic E-state index is 0.00264. The largest absolute Gasteiger partial charge is 0.353 e. The van der Waals surface area contributed by atoms with Gasteiger partial charge in [-0.25, -0.2) is 13.4 Å². The number of rotatable bonds is 4. The molecule has 0 atom stereocenters. The first kappa shape index (κ1) is 18.2. The first-order chi connectivity index (χ1) is 12.3. The van der Waals surface area contributed by atoms with E-state index in [4.69, 9.17) is 0 Å². The first-order valence-electron chi connectivity index (χ1n) is 8.07. The number of benzene rings is 1. The number of sulfonamides is 1. The standard InChI is InChI=1S/C16H19N5O4S/c1-12-9-14(21(22)23)10-15(13(12)2)26(24,25)20-7-5-19(6-8-20)16-11-17-3-4-18-16/h3-4,9-11H,5-8H2,1-2H3. The van der Waals surface area contributed by atoms with Crippen LogP contribution in [0.15, 0.2) is 35.6 Å². The highest BCUT2D eigenvalue weighted by Crippen LogP contribution is 2.28. The summed E-state index contributed by atoms with van der Waals surface area (Å²) < 4.78 is 27.4. The van der Waals surface area contributed by atoms with Gasteiger partial charge in [-0.3, -0.25) is 15.1 Å². The number of non-ortho nitro benzene ring substituents is 1. The molecule has 0 radical (unpaired) electrons. The number of aryl methyl sites for hydroxylation is 1. The molecule has 138 valence electrons. The molecule has 1 saturated heterocycles. The van der Waals surface area contributed by atoms with Crippen molar-refractivity contribution in [3.8, 4) is 0 Å². The van der Waals surface area contributed by atoms with Gasteiger partial charge in [0.15, 0.2) is 0 Å². The molecule has 1 aromatic carbocycles. The van der Waals surface area contributed by atoms with Gasteiger partial charge < -0.3 is 4.90 Å². The van der Waals surface area contributed by atoms with Crippen molar-refractivity contribution in [2.45, 2.75) is 18.7 Å². The van der Waals surface area contributed by atoms with Gasteiger partial charge in [-0.05, 0) is 25.0 Å². The zero-order valence-electron chi connectivity index (χ0n) is 14.5. The van der Waals surface area contributed by atoms with E-state index < -0.39 is 14.9 Å². The SMILES string of the molecule is Cc1cc([N+](=O)[O-])cc(S(=O)(=O)N2CCN(c3cnccn3)CC2)c1C. The summed E-state index contributed by atoms with van der Waals surface area (Å²) in [4.78, 5) is 20.7.